The molecule has 2 rings (SSSR count). The van der Waals surface area contributed by atoms with Gasteiger partial charge in [-0.15, -0.1) is 0 Å². The molecule has 1 radical (unpaired) electrons. The van der Waals surface area contributed by atoms with Crippen molar-refractivity contribution in [2.75, 3.05) is 7.11 Å². The second kappa shape index (κ2) is 7.98. The van der Waals surface area contributed by atoms with E-state index in [2.05, 4.69) is 19.1 Å². The molecule has 0 fully saturated rings. The van der Waals surface area contributed by atoms with Gasteiger partial charge >= 0.3 is 0 Å². The Hall–Kier alpha value is -1.06. The van der Waals surface area contributed by atoms with Gasteiger partial charge in [-0.2, -0.15) is 0 Å². The summed E-state index contributed by atoms with van der Waals surface area (Å²) in [5.41, 5.74) is 5.51. The molecule has 1 unspecified atom stereocenters. The van der Waals surface area contributed by atoms with Gasteiger partial charge in [-0.1, -0.05) is 23.8 Å². The summed E-state index contributed by atoms with van der Waals surface area (Å²) in [5, 5.41) is 1.08. The first-order chi connectivity index (χ1) is 9.92. The monoisotopic (exact) mass is 307 g/mol. The summed E-state index contributed by atoms with van der Waals surface area (Å²) >= 11 is 0. The Labute approximate surface area is 146 Å². The number of aryl methyl sites for hydroxylation is 4. The number of ether oxygens (including phenoxy) is 1. The van der Waals surface area contributed by atoms with Gasteiger partial charge < -0.3 is 4.74 Å². The molecule has 2 nitrogen and oxygen atoms in total. The van der Waals surface area contributed by atoms with Gasteiger partial charge in [0.05, 0.1) is 7.11 Å². The Morgan fingerprint density at radius 2 is 1.55 bits per heavy atom. The Morgan fingerprint density at radius 1 is 0.955 bits per heavy atom. The van der Waals surface area contributed by atoms with Crippen molar-refractivity contribution in [3.05, 3.63) is 58.1 Å². The van der Waals surface area contributed by atoms with Crippen molar-refractivity contribution in [3.8, 4) is 5.75 Å². The molecular weight excluding hydrogens is 286 g/mol. The van der Waals surface area contributed by atoms with Gasteiger partial charge in [0.15, 0.2) is 5.52 Å². The first-order valence-electron chi connectivity index (χ1n) is 6.96. The van der Waals surface area contributed by atoms with Gasteiger partial charge in [0.2, 0.25) is 0 Å². The van der Waals surface area contributed by atoms with E-state index in [-0.39, 0.29) is 33.0 Å². The van der Waals surface area contributed by atoms with Crippen LogP contribution >= 0.6 is 8.58 Å². The van der Waals surface area contributed by atoms with Crippen molar-refractivity contribution in [2.24, 2.45) is 0 Å². The quantitative estimate of drug-likeness (QED) is 0.636. The van der Waals surface area contributed by atoms with E-state index < -0.39 is 0 Å². The van der Waals surface area contributed by atoms with E-state index in [4.69, 9.17) is 4.74 Å². The average Bonchev–Trinajstić information content (AvgIpc) is 2.39. The third-order valence-electron chi connectivity index (χ3n) is 3.59. The van der Waals surface area contributed by atoms with Crippen LogP contribution < -0.4 is 10.0 Å². The first kappa shape index (κ1) is 19.0. The molecule has 0 aromatic heterocycles. The molecule has 0 aliphatic rings. The fourth-order valence-corrected chi connectivity index (χ4v) is 3.83. The second-order valence-electron chi connectivity index (χ2n) is 5.41. The summed E-state index contributed by atoms with van der Waals surface area (Å²) < 4.78 is 5.21. The maximum atomic E-state index is 12.7. The van der Waals surface area contributed by atoms with Gasteiger partial charge in [0, 0.05) is 24.4 Å². The van der Waals surface area contributed by atoms with E-state index in [1.54, 1.807) is 7.11 Å². The zero-order chi connectivity index (χ0) is 15.6. The minimum Gasteiger partial charge on any atom is -0.497 e. The largest absolute Gasteiger partial charge is 0.497 e. The molecule has 0 aliphatic heterocycles. The number of carbonyl (C=O) groups excluding carboxylic acids is 1. The third-order valence-corrected chi connectivity index (χ3v) is 4.89. The predicted molar refractivity (Wildman–Crippen MR) is 96.4 cm³/mol. The molecule has 0 aliphatic carbocycles. The van der Waals surface area contributed by atoms with Crippen LogP contribution in [0, 0.1) is 27.7 Å². The smallest absolute Gasteiger partial charge is 0.186 e. The number of rotatable bonds is 4. The van der Waals surface area contributed by atoms with Crippen LogP contribution in [0.2, 0.25) is 0 Å². The minimum atomic E-state index is 0. The van der Waals surface area contributed by atoms with Crippen LogP contribution in [-0.4, -0.2) is 31.5 Å². The van der Waals surface area contributed by atoms with Gasteiger partial charge in [-0.05, 0) is 70.4 Å². The molecule has 0 bridgehead atoms. The normalized spacial score (nSPS) is 10.6. The molecule has 111 valence electrons. The maximum absolute atomic E-state index is 12.7. The van der Waals surface area contributed by atoms with Crippen molar-refractivity contribution in [2.45, 2.75) is 27.7 Å². The van der Waals surface area contributed by atoms with Crippen LogP contribution in [0.15, 0.2) is 30.3 Å². The molecule has 2 aromatic rings. The summed E-state index contributed by atoms with van der Waals surface area (Å²) in [6.07, 6.45) is 0. The van der Waals surface area contributed by atoms with Crippen LogP contribution in [0.4, 0.5) is 0 Å². The fourth-order valence-electron chi connectivity index (χ4n) is 2.63. The van der Waals surface area contributed by atoms with Crippen LogP contribution in [0.5, 0.6) is 5.75 Å². The third kappa shape index (κ3) is 4.23. The van der Waals surface area contributed by atoms with E-state index >= 15 is 0 Å². The SMILES string of the molecule is COc1ccc(PC(=O)c2c(C)cc(C)cc2C)c(C)c1.[Li]. The number of methoxy groups -OCH3 is 1. The molecule has 0 saturated heterocycles. The van der Waals surface area contributed by atoms with E-state index in [0.717, 1.165) is 33.3 Å². The Bertz CT molecular complexity index is 672. The molecule has 0 amide bonds. The Balaban J connectivity index is 0.00000242. The van der Waals surface area contributed by atoms with Gasteiger partial charge in [-0.25, -0.2) is 0 Å². The van der Waals surface area contributed by atoms with Crippen molar-refractivity contribution in [1.82, 2.24) is 0 Å². The van der Waals surface area contributed by atoms with Crippen molar-refractivity contribution < 1.29 is 9.53 Å². The molecule has 0 N–H and O–H groups in total. The van der Waals surface area contributed by atoms with E-state index in [0.29, 0.717) is 0 Å². The van der Waals surface area contributed by atoms with Crippen LogP contribution in [0.1, 0.15) is 32.6 Å². The predicted octanol–water partition coefficient (Wildman–Crippen LogP) is 3.69. The molecule has 0 spiro atoms. The number of hydrogen-bond donors (Lipinski definition) is 0. The zero-order valence-electron chi connectivity index (χ0n) is 14.2. The number of hydrogen-bond acceptors (Lipinski definition) is 2. The summed E-state index contributed by atoms with van der Waals surface area (Å²) in [5.74, 6) is 0.830. The first-order valence-corrected chi connectivity index (χ1v) is 7.96. The van der Waals surface area contributed by atoms with Crippen molar-refractivity contribution >= 4 is 38.3 Å². The molecule has 22 heavy (non-hydrogen) atoms. The van der Waals surface area contributed by atoms with Crippen LogP contribution in [0.3, 0.4) is 0 Å². The fraction of sp³-hybridized carbons (Fsp3) is 0.278. The number of carbonyl (C=O) groups is 1. The number of benzene rings is 2. The minimum absolute atomic E-state index is 0. The summed E-state index contributed by atoms with van der Waals surface area (Å²) in [6.45, 7) is 8.11. The topological polar surface area (TPSA) is 26.3 Å². The molecule has 1 atom stereocenters. The summed E-state index contributed by atoms with van der Waals surface area (Å²) in [4.78, 5) is 12.7. The standard InChI is InChI=1S/C18H21O2P.Li/c1-11-8-13(3)17(14(4)9-11)18(19)21-16-7-6-15(20-5)10-12(16)2;/h6-10,21H,1-5H3;. The summed E-state index contributed by atoms with van der Waals surface area (Å²) in [6, 6.07) is 10.0. The van der Waals surface area contributed by atoms with E-state index in [1.165, 1.54) is 5.56 Å². The molecule has 4 heteroatoms. The molecule has 0 heterocycles. The zero-order valence-corrected chi connectivity index (χ0v) is 15.2. The second-order valence-corrected chi connectivity index (χ2v) is 6.65. The van der Waals surface area contributed by atoms with Gasteiger partial charge in [-0.3, -0.25) is 4.79 Å². The molecular formula is C18H21LiO2P. The van der Waals surface area contributed by atoms with Crippen molar-refractivity contribution in [3.63, 3.8) is 0 Å². The molecule has 2 aromatic carbocycles. The maximum Gasteiger partial charge on any atom is 0.186 e. The van der Waals surface area contributed by atoms with Gasteiger partial charge in [0.1, 0.15) is 5.75 Å². The van der Waals surface area contributed by atoms with Crippen molar-refractivity contribution in [1.29, 1.82) is 0 Å². The Morgan fingerprint density at radius 3 is 2.05 bits per heavy atom. The van der Waals surface area contributed by atoms with Crippen LogP contribution in [-0.2, 0) is 0 Å². The Kier molecular flexibility index (Phi) is 6.88. The van der Waals surface area contributed by atoms with E-state index in [1.807, 2.05) is 39.0 Å². The molecule has 0 saturated carbocycles. The summed E-state index contributed by atoms with van der Waals surface area (Å²) in [7, 11) is 1.80. The van der Waals surface area contributed by atoms with E-state index in [9.17, 15) is 4.79 Å². The average molecular weight is 307 g/mol. The van der Waals surface area contributed by atoms with Gasteiger partial charge in [0.25, 0.3) is 0 Å². The van der Waals surface area contributed by atoms with Crippen LogP contribution in [0.25, 0.3) is 0 Å².